The first-order valence-electron chi connectivity index (χ1n) is 7.59. The Bertz CT molecular complexity index is 919. The molecule has 0 saturated heterocycles. The summed E-state index contributed by atoms with van der Waals surface area (Å²) in [5, 5.41) is 20.1. The second-order valence-electron chi connectivity index (χ2n) is 5.83. The number of H-pyrrole nitrogens is 1. The molecule has 0 aliphatic heterocycles. The minimum Gasteiger partial charge on any atom is -0.352 e. The first-order valence-corrected chi connectivity index (χ1v) is 7.59. The van der Waals surface area contributed by atoms with Crippen molar-refractivity contribution in [1.29, 1.82) is 5.26 Å². The van der Waals surface area contributed by atoms with Crippen LogP contribution in [0.2, 0.25) is 0 Å². The lowest BCUT2D eigenvalue weighted by atomic mass is 10.1. The molecule has 0 aromatic carbocycles. The minimum atomic E-state index is -0.207. The van der Waals surface area contributed by atoms with Crippen LogP contribution in [0.1, 0.15) is 37.4 Å². The van der Waals surface area contributed by atoms with Gasteiger partial charge in [0.1, 0.15) is 12.2 Å². The van der Waals surface area contributed by atoms with Gasteiger partial charge < -0.3 is 10.3 Å². The molecular formula is C15H15N7O. The van der Waals surface area contributed by atoms with Crippen molar-refractivity contribution in [2.75, 3.05) is 0 Å². The molecule has 1 saturated carbocycles. The van der Waals surface area contributed by atoms with Crippen LogP contribution >= 0.6 is 0 Å². The normalized spacial score (nSPS) is 20.8. The van der Waals surface area contributed by atoms with Crippen LogP contribution in [0.5, 0.6) is 0 Å². The highest BCUT2D eigenvalue weighted by Crippen LogP contribution is 2.34. The van der Waals surface area contributed by atoms with Gasteiger partial charge in [0.05, 0.1) is 17.8 Å². The second-order valence-corrected chi connectivity index (χ2v) is 5.83. The summed E-state index contributed by atoms with van der Waals surface area (Å²) in [6, 6.07) is 3.93. The molecule has 23 heavy (non-hydrogen) atoms. The van der Waals surface area contributed by atoms with Gasteiger partial charge in [-0.2, -0.15) is 5.26 Å². The van der Waals surface area contributed by atoms with Crippen molar-refractivity contribution in [1.82, 2.24) is 29.9 Å². The van der Waals surface area contributed by atoms with E-state index in [9.17, 15) is 4.79 Å². The number of hydrogen-bond donors (Lipinski definition) is 2. The number of nitrogens with zero attached hydrogens (tertiary/aromatic N) is 5. The Morgan fingerprint density at radius 3 is 3.26 bits per heavy atom. The fraction of sp³-hybridized carbons (Fsp3) is 0.400. The smallest absolute Gasteiger partial charge is 0.234 e. The van der Waals surface area contributed by atoms with E-state index in [2.05, 4.69) is 25.5 Å². The molecule has 0 unspecified atom stereocenters. The number of aromatic nitrogens is 5. The third-order valence-corrected chi connectivity index (χ3v) is 4.37. The fourth-order valence-corrected chi connectivity index (χ4v) is 3.36. The summed E-state index contributed by atoms with van der Waals surface area (Å²) in [5.41, 5.74) is 2.49. The van der Waals surface area contributed by atoms with Gasteiger partial charge in [0.25, 0.3) is 0 Å². The summed E-state index contributed by atoms with van der Waals surface area (Å²) >= 11 is 0. The maximum atomic E-state index is 11.6. The highest BCUT2D eigenvalue weighted by atomic mass is 16.1. The number of carbonyl (C=O) groups excluding carboxylic acids is 1. The van der Waals surface area contributed by atoms with E-state index in [1.54, 1.807) is 6.20 Å². The van der Waals surface area contributed by atoms with Crippen LogP contribution < -0.4 is 5.32 Å². The Kier molecular flexibility index (Phi) is 3.19. The van der Waals surface area contributed by atoms with E-state index in [1.165, 1.54) is 0 Å². The van der Waals surface area contributed by atoms with Gasteiger partial charge in [-0.15, -0.1) is 10.2 Å². The Morgan fingerprint density at radius 1 is 1.48 bits per heavy atom. The molecule has 8 nitrogen and oxygen atoms in total. The molecule has 2 N–H and O–H groups in total. The van der Waals surface area contributed by atoms with Gasteiger partial charge in [-0.05, 0) is 25.3 Å². The average Bonchev–Trinajstić information content (AvgIpc) is 3.24. The highest BCUT2D eigenvalue weighted by Gasteiger charge is 2.30. The first-order chi connectivity index (χ1) is 11.3. The lowest BCUT2D eigenvalue weighted by Crippen LogP contribution is -2.32. The van der Waals surface area contributed by atoms with Crippen LogP contribution in [0.15, 0.2) is 18.5 Å². The van der Waals surface area contributed by atoms with Crippen molar-refractivity contribution >= 4 is 22.7 Å². The number of nitrogens with one attached hydrogen (secondary N) is 2. The Morgan fingerprint density at radius 2 is 2.39 bits per heavy atom. The van der Waals surface area contributed by atoms with Crippen molar-refractivity contribution in [2.24, 2.45) is 0 Å². The molecule has 0 spiro atoms. The largest absolute Gasteiger partial charge is 0.352 e. The maximum Gasteiger partial charge on any atom is 0.234 e. The van der Waals surface area contributed by atoms with Gasteiger partial charge in [-0.25, -0.2) is 4.98 Å². The Hall–Kier alpha value is -2.95. The number of carbonyl (C=O) groups is 1. The zero-order valence-electron chi connectivity index (χ0n) is 12.4. The summed E-state index contributed by atoms with van der Waals surface area (Å²) in [6.07, 6.45) is 6.10. The molecule has 1 amide bonds. The topological polar surface area (TPSA) is 112 Å². The summed E-state index contributed by atoms with van der Waals surface area (Å²) in [4.78, 5) is 19.0. The third kappa shape index (κ3) is 2.30. The molecule has 3 aromatic heterocycles. The minimum absolute atomic E-state index is 0.0926. The Balaban J connectivity index is 1.62. The molecule has 3 aromatic rings. The molecule has 3 heterocycles. The first kappa shape index (κ1) is 13.7. The van der Waals surface area contributed by atoms with Gasteiger partial charge >= 0.3 is 0 Å². The lowest BCUT2D eigenvalue weighted by molar-refractivity contribution is -0.120. The quantitative estimate of drug-likeness (QED) is 0.756. The summed E-state index contributed by atoms with van der Waals surface area (Å²) in [7, 11) is 0. The summed E-state index contributed by atoms with van der Waals surface area (Å²) < 4.78 is 2.03. The van der Waals surface area contributed by atoms with Crippen LogP contribution in [0.3, 0.4) is 0 Å². The van der Waals surface area contributed by atoms with Crippen molar-refractivity contribution in [3.05, 3.63) is 24.3 Å². The predicted octanol–water partition coefficient (Wildman–Crippen LogP) is 1.27. The van der Waals surface area contributed by atoms with Gasteiger partial charge in [0.2, 0.25) is 5.91 Å². The van der Waals surface area contributed by atoms with Crippen molar-refractivity contribution < 1.29 is 4.79 Å². The molecule has 1 aliphatic rings. The lowest BCUT2D eigenvalue weighted by Gasteiger charge is -2.12. The molecule has 4 rings (SSSR count). The van der Waals surface area contributed by atoms with E-state index in [0.717, 1.165) is 41.9 Å². The molecule has 0 radical (unpaired) electrons. The van der Waals surface area contributed by atoms with Gasteiger partial charge in [-0.1, -0.05) is 0 Å². The van der Waals surface area contributed by atoms with Crippen LogP contribution in [-0.2, 0) is 4.79 Å². The standard InChI is InChI=1S/C15H15N7O/c16-5-3-13(23)19-10-2-1-9(7-10)15-21-20-12-8-18-14-11(22(12)15)4-6-17-14/h4,6,8-10,17H,1-3,7H2,(H,19,23)/t9-,10+/m1/s1. The van der Waals surface area contributed by atoms with Crippen LogP contribution in [0, 0.1) is 11.3 Å². The maximum absolute atomic E-state index is 11.6. The zero-order valence-corrected chi connectivity index (χ0v) is 12.4. The molecule has 116 valence electrons. The number of hydrogen-bond acceptors (Lipinski definition) is 5. The van der Waals surface area contributed by atoms with Crippen LogP contribution in [-0.4, -0.2) is 36.5 Å². The highest BCUT2D eigenvalue weighted by molar-refractivity contribution is 5.78. The number of rotatable bonds is 3. The predicted molar refractivity (Wildman–Crippen MR) is 81.4 cm³/mol. The van der Waals surface area contributed by atoms with Gasteiger partial charge in [-0.3, -0.25) is 9.20 Å². The van der Waals surface area contributed by atoms with Crippen molar-refractivity contribution in [3.8, 4) is 6.07 Å². The summed E-state index contributed by atoms with van der Waals surface area (Å²) in [5.74, 6) is 0.934. The van der Waals surface area contributed by atoms with Crippen LogP contribution in [0.4, 0.5) is 0 Å². The van der Waals surface area contributed by atoms with Gasteiger partial charge in [0, 0.05) is 18.2 Å². The van der Waals surface area contributed by atoms with Crippen molar-refractivity contribution in [2.45, 2.75) is 37.6 Å². The molecule has 8 heteroatoms. The fourth-order valence-electron chi connectivity index (χ4n) is 3.36. The van der Waals surface area contributed by atoms with E-state index in [0.29, 0.717) is 0 Å². The number of amides is 1. The Labute approximate surface area is 131 Å². The number of nitriles is 1. The molecule has 1 aliphatic carbocycles. The SMILES string of the molecule is N#CCC(=O)N[C@H]1CC[C@@H](c2nnc3cnc4[nH]ccc4n23)C1. The summed E-state index contributed by atoms with van der Waals surface area (Å²) in [6.45, 7) is 0. The molecule has 1 fully saturated rings. The number of aromatic amines is 1. The average molecular weight is 309 g/mol. The van der Waals surface area contributed by atoms with E-state index in [-0.39, 0.29) is 24.3 Å². The van der Waals surface area contributed by atoms with E-state index in [4.69, 9.17) is 5.26 Å². The van der Waals surface area contributed by atoms with E-state index in [1.807, 2.05) is 22.7 Å². The molecular weight excluding hydrogens is 294 g/mol. The van der Waals surface area contributed by atoms with E-state index >= 15 is 0 Å². The molecule has 0 bridgehead atoms. The second kappa shape index (κ2) is 5.35. The molecule has 2 atom stereocenters. The van der Waals surface area contributed by atoms with E-state index < -0.39 is 0 Å². The zero-order chi connectivity index (χ0) is 15.8. The number of fused-ring (bicyclic) bond motifs is 3. The monoisotopic (exact) mass is 309 g/mol. The van der Waals surface area contributed by atoms with Gasteiger partial charge in [0.15, 0.2) is 11.3 Å². The third-order valence-electron chi connectivity index (χ3n) is 4.37. The van der Waals surface area contributed by atoms with Crippen molar-refractivity contribution in [3.63, 3.8) is 0 Å². The van der Waals surface area contributed by atoms with Crippen LogP contribution in [0.25, 0.3) is 16.8 Å².